The summed E-state index contributed by atoms with van der Waals surface area (Å²) < 4.78 is 10.7. The lowest BCUT2D eigenvalue weighted by Crippen LogP contribution is -2.17. The van der Waals surface area contributed by atoms with Crippen LogP contribution in [0.3, 0.4) is 0 Å². The topological polar surface area (TPSA) is 18.5 Å². The molecule has 0 aromatic heterocycles. The molecule has 0 heterocycles. The van der Waals surface area contributed by atoms with E-state index in [2.05, 4.69) is 12.2 Å². The molecule has 20 heavy (non-hydrogen) atoms. The zero-order chi connectivity index (χ0) is 13.8. The van der Waals surface area contributed by atoms with Crippen molar-refractivity contribution in [2.45, 2.75) is 51.9 Å². The maximum atomic E-state index is 5.48. The van der Waals surface area contributed by atoms with Gasteiger partial charge >= 0.3 is 0 Å². The second-order valence-corrected chi connectivity index (χ2v) is 6.96. The normalized spacial score (nSPS) is 39.0. The fourth-order valence-corrected chi connectivity index (χ4v) is 4.85. The Balaban J connectivity index is 1.35. The summed E-state index contributed by atoms with van der Waals surface area (Å²) in [6, 6.07) is 0. The third kappa shape index (κ3) is 3.28. The average molecular weight is 278 g/mol. The van der Waals surface area contributed by atoms with Crippen LogP contribution in [0, 0.1) is 29.6 Å². The van der Waals surface area contributed by atoms with Gasteiger partial charge in [0.05, 0.1) is 0 Å². The van der Waals surface area contributed by atoms with E-state index in [4.69, 9.17) is 9.47 Å². The number of allylic oxidation sites excluding steroid dienone is 2. The third-order valence-corrected chi connectivity index (χ3v) is 5.89. The highest BCUT2D eigenvalue weighted by atomic mass is 16.7. The van der Waals surface area contributed by atoms with Gasteiger partial charge in [0.2, 0.25) is 0 Å². The van der Waals surface area contributed by atoms with Crippen LogP contribution in [0.4, 0.5) is 0 Å². The van der Waals surface area contributed by atoms with Gasteiger partial charge in [0.1, 0.15) is 6.79 Å². The van der Waals surface area contributed by atoms with Crippen molar-refractivity contribution in [2.75, 3.05) is 20.0 Å². The number of rotatable bonds is 7. The summed E-state index contributed by atoms with van der Waals surface area (Å²) in [4.78, 5) is 0. The molecule has 3 aliphatic carbocycles. The Morgan fingerprint density at radius 1 is 0.950 bits per heavy atom. The fraction of sp³-hybridized carbons (Fsp3) is 0.889. The van der Waals surface area contributed by atoms with Gasteiger partial charge in [-0.2, -0.15) is 0 Å². The van der Waals surface area contributed by atoms with Crippen molar-refractivity contribution in [2.24, 2.45) is 29.6 Å². The molecule has 0 aromatic rings. The van der Waals surface area contributed by atoms with Crippen LogP contribution in [0.25, 0.3) is 0 Å². The van der Waals surface area contributed by atoms with Crippen LogP contribution in [-0.4, -0.2) is 20.0 Å². The summed E-state index contributed by atoms with van der Waals surface area (Å²) in [6.45, 7) is 4.10. The minimum atomic E-state index is 0.473. The van der Waals surface area contributed by atoms with Crippen molar-refractivity contribution >= 4 is 0 Å². The predicted molar refractivity (Wildman–Crippen MR) is 81.4 cm³/mol. The number of fused-ring (bicyclic) bond motifs is 5. The zero-order valence-corrected chi connectivity index (χ0v) is 12.9. The molecule has 3 rings (SSSR count). The van der Waals surface area contributed by atoms with Crippen molar-refractivity contribution in [3.63, 3.8) is 0 Å². The molecule has 2 nitrogen and oxygen atoms in total. The molecule has 2 fully saturated rings. The molecule has 4 unspecified atom stereocenters. The molecular weight excluding hydrogens is 248 g/mol. The third-order valence-electron chi connectivity index (χ3n) is 5.89. The lowest BCUT2D eigenvalue weighted by atomic mass is 9.80. The molecule has 0 N–H and O–H groups in total. The predicted octanol–water partition coefficient (Wildman–Crippen LogP) is 4.41. The van der Waals surface area contributed by atoms with Gasteiger partial charge in [0, 0.05) is 13.2 Å². The minimum absolute atomic E-state index is 0.473. The smallest absolute Gasteiger partial charge is 0.146 e. The molecule has 0 radical (unpaired) electrons. The summed E-state index contributed by atoms with van der Waals surface area (Å²) in [7, 11) is 0. The Morgan fingerprint density at radius 2 is 1.65 bits per heavy atom. The van der Waals surface area contributed by atoms with Crippen molar-refractivity contribution in [3.8, 4) is 0 Å². The lowest BCUT2D eigenvalue weighted by molar-refractivity contribution is -0.0508. The molecule has 4 atom stereocenters. The molecule has 0 amide bonds. The fourth-order valence-electron chi connectivity index (χ4n) is 4.85. The molecule has 2 saturated carbocycles. The van der Waals surface area contributed by atoms with Gasteiger partial charge in [0.25, 0.3) is 0 Å². The molecule has 0 spiro atoms. The van der Waals surface area contributed by atoms with Crippen molar-refractivity contribution in [1.29, 1.82) is 0 Å². The Kier molecular flexibility index (Phi) is 5.17. The summed E-state index contributed by atoms with van der Waals surface area (Å²) in [6.07, 6.45) is 15.0. The molecular formula is C18H30O2. The molecule has 0 aliphatic heterocycles. The first-order valence-electron chi connectivity index (χ1n) is 8.72. The highest BCUT2D eigenvalue weighted by molar-refractivity contribution is 5.13. The van der Waals surface area contributed by atoms with Crippen LogP contribution in [0.15, 0.2) is 12.2 Å². The number of hydrogen-bond acceptors (Lipinski definition) is 2. The van der Waals surface area contributed by atoms with Gasteiger partial charge in [-0.15, -0.1) is 0 Å². The Hall–Kier alpha value is -0.340. The molecule has 3 aliphatic rings. The largest absolute Gasteiger partial charge is 0.356 e. The Morgan fingerprint density at radius 3 is 2.30 bits per heavy atom. The van der Waals surface area contributed by atoms with Gasteiger partial charge in [-0.1, -0.05) is 25.0 Å². The SMILES string of the molecule is CCOCOCCCC1CCC2C3C=CC(C3)C2CC1. The molecule has 0 saturated heterocycles. The highest BCUT2D eigenvalue weighted by Gasteiger charge is 2.44. The summed E-state index contributed by atoms with van der Waals surface area (Å²) in [5, 5.41) is 0. The van der Waals surface area contributed by atoms with E-state index in [-0.39, 0.29) is 0 Å². The van der Waals surface area contributed by atoms with E-state index in [1.54, 1.807) is 0 Å². The first kappa shape index (κ1) is 14.6. The lowest BCUT2D eigenvalue weighted by Gasteiger charge is -2.25. The van der Waals surface area contributed by atoms with E-state index >= 15 is 0 Å². The molecule has 2 heteroatoms. The molecule has 0 aromatic carbocycles. The average Bonchev–Trinajstić information content (AvgIpc) is 2.99. The maximum absolute atomic E-state index is 5.48. The monoisotopic (exact) mass is 278 g/mol. The van der Waals surface area contributed by atoms with Crippen LogP contribution >= 0.6 is 0 Å². The maximum Gasteiger partial charge on any atom is 0.146 e. The van der Waals surface area contributed by atoms with E-state index in [9.17, 15) is 0 Å². The second kappa shape index (κ2) is 7.09. The standard InChI is InChI=1S/C18H30O2/c1-2-19-13-20-11-3-4-14-5-9-17-15-7-8-16(12-15)18(17)10-6-14/h7-8,14-18H,2-6,9-13H2,1H3. The van der Waals surface area contributed by atoms with Gasteiger partial charge in [0.15, 0.2) is 0 Å². The van der Waals surface area contributed by atoms with Crippen molar-refractivity contribution in [3.05, 3.63) is 12.2 Å². The number of ether oxygens (including phenoxy) is 2. The van der Waals surface area contributed by atoms with Crippen LogP contribution < -0.4 is 0 Å². The summed E-state index contributed by atoms with van der Waals surface area (Å²) in [5.41, 5.74) is 0. The van der Waals surface area contributed by atoms with E-state index in [1.807, 2.05) is 6.92 Å². The van der Waals surface area contributed by atoms with Crippen LogP contribution in [0.1, 0.15) is 51.9 Å². The van der Waals surface area contributed by atoms with E-state index < -0.39 is 0 Å². The summed E-state index contributed by atoms with van der Waals surface area (Å²) >= 11 is 0. The van der Waals surface area contributed by atoms with Crippen molar-refractivity contribution < 1.29 is 9.47 Å². The van der Waals surface area contributed by atoms with E-state index in [0.717, 1.165) is 42.8 Å². The van der Waals surface area contributed by atoms with Crippen LogP contribution in [0.2, 0.25) is 0 Å². The molecule has 114 valence electrons. The second-order valence-electron chi connectivity index (χ2n) is 6.96. The minimum Gasteiger partial charge on any atom is -0.356 e. The number of hydrogen-bond donors (Lipinski definition) is 0. The van der Waals surface area contributed by atoms with Gasteiger partial charge in [-0.3, -0.25) is 0 Å². The first-order chi connectivity index (χ1) is 9.88. The van der Waals surface area contributed by atoms with Gasteiger partial charge < -0.3 is 9.47 Å². The zero-order valence-electron chi connectivity index (χ0n) is 12.9. The Labute approximate surface area is 123 Å². The molecule has 2 bridgehead atoms. The van der Waals surface area contributed by atoms with Crippen molar-refractivity contribution in [1.82, 2.24) is 0 Å². The van der Waals surface area contributed by atoms with E-state index in [1.165, 1.54) is 44.9 Å². The Bertz CT molecular complexity index is 303. The van der Waals surface area contributed by atoms with E-state index in [0.29, 0.717) is 6.79 Å². The van der Waals surface area contributed by atoms with Gasteiger partial charge in [-0.05, 0) is 68.6 Å². The quantitative estimate of drug-likeness (QED) is 0.390. The van der Waals surface area contributed by atoms with Gasteiger partial charge in [-0.25, -0.2) is 0 Å². The summed E-state index contributed by atoms with van der Waals surface area (Å²) in [5.74, 6) is 4.90. The first-order valence-corrected chi connectivity index (χ1v) is 8.72. The van der Waals surface area contributed by atoms with Crippen LogP contribution in [-0.2, 0) is 9.47 Å². The highest BCUT2D eigenvalue weighted by Crippen LogP contribution is 2.53. The van der Waals surface area contributed by atoms with Crippen LogP contribution in [0.5, 0.6) is 0 Å².